The van der Waals surface area contributed by atoms with Gasteiger partial charge >= 0.3 is 0 Å². The van der Waals surface area contributed by atoms with Crippen molar-refractivity contribution in [1.82, 2.24) is 19.2 Å². The molecule has 0 radical (unpaired) electrons. The maximum absolute atomic E-state index is 13.2. The fourth-order valence-corrected chi connectivity index (χ4v) is 4.80. The van der Waals surface area contributed by atoms with E-state index in [4.69, 9.17) is 0 Å². The molecule has 0 unspecified atom stereocenters. The van der Waals surface area contributed by atoms with Gasteiger partial charge in [-0.05, 0) is 49.2 Å². The van der Waals surface area contributed by atoms with Crippen LogP contribution in [0, 0.1) is 5.82 Å². The second kappa shape index (κ2) is 8.19. The summed E-state index contributed by atoms with van der Waals surface area (Å²) in [5.41, 5.74) is 3.07. The van der Waals surface area contributed by atoms with Crippen LogP contribution < -0.4 is 0 Å². The number of pyridine rings is 1. The van der Waals surface area contributed by atoms with E-state index < -0.39 is 0 Å². The standard InChI is InChI=1S/C24H27FN4O/c25-20-9-6-18(7-10-20)22-17-29-16-19(8-11-23(29)26-22)24(30)28-14-12-27(13-15-28)21-4-2-1-3-5-21/h6-11,16-17,21H,1-5,12-15H2. The number of carbonyl (C=O) groups excluding carboxylic acids is 1. The Balaban J connectivity index is 1.28. The third kappa shape index (κ3) is 3.84. The lowest BCUT2D eigenvalue weighted by Crippen LogP contribution is -2.52. The van der Waals surface area contributed by atoms with Gasteiger partial charge in [-0.25, -0.2) is 9.37 Å². The van der Waals surface area contributed by atoms with Crippen LogP contribution in [0.3, 0.4) is 0 Å². The van der Waals surface area contributed by atoms with Gasteiger partial charge in [-0.1, -0.05) is 19.3 Å². The van der Waals surface area contributed by atoms with Crippen molar-refractivity contribution in [2.45, 2.75) is 38.1 Å². The molecule has 1 aromatic carbocycles. The van der Waals surface area contributed by atoms with Crippen LogP contribution in [-0.2, 0) is 0 Å². The monoisotopic (exact) mass is 406 g/mol. The molecule has 3 heterocycles. The van der Waals surface area contributed by atoms with Crippen LogP contribution >= 0.6 is 0 Å². The van der Waals surface area contributed by atoms with E-state index in [1.54, 1.807) is 12.1 Å². The van der Waals surface area contributed by atoms with Crippen LogP contribution in [-0.4, -0.2) is 57.3 Å². The molecule has 0 bridgehead atoms. The molecule has 5 rings (SSSR count). The van der Waals surface area contributed by atoms with Gasteiger partial charge in [-0.2, -0.15) is 0 Å². The van der Waals surface area contributed by atoms with Gasteiger partial charge in [0.15, 0.2) is 0 Å². The molecular formula is C24H27FN4O. The van der Waals surface area contributed by atoms with Crippen LogP contribution in [0.15, 0.2) is 48.8 Å². The van der Waals surface area contributed by atoms with Crippen LogP contribution in [0.4, 0.5) is 4.39 Å². The highest BCUT2D eigenvalue weighted by atomic mass is 19.1. The number of hydrogen-bond donors (Lipinski definition) is 0. The zero-order chi connectivity index (χ0) is 20.5. The molecule has 0 N–H and O–H groups in total. The lowest BCUT2D eigenvalue weighted by atomic mass is 9.94. The molecule has 1 saturated heterocycles. The fraction of sp³-hybridized carbons (Fsp3) is 0.417. The number of piperazine rings is 1. The number of rotatable bonds is 3. The zero-order valence-corrected chi connectivity index (χ0v) is 17.1. The molecule has 0 spiro atoms. The minimum atomic E-state index is -0.265. The minimum absolute atomic E-state index is 0.0808. The summed E-state index contributed by atoms with van der Waals surface area (Å²) < 4.78 is 15.1. The summed E-state index contributed by atoms with van der Waals surface area (Å²) in [6, 6.07) is 10.7. The third-order valence-corrected chi connectivity index (χ3v) is 6.53. The van der Waals surface area contributed by atoms with Crippen LogP contribution in [0.1, 0.15) is 42.5 Å². The van der Waals surface area contributed by atoms with Gasteiger partial charge < -0.3 is 9.30 Å². The Morgan fingerprint density at radius 3 is 2.37 bits per heavy atom. The van der Waals surface area contributed by atoms with E-state index in [1.807, 2.05) is 33.8 Å². The molecular weight excluding hydrogens is 379 g/mol. The molecule has 1 saturated carbocycles. The lowest BCUT2D eigenvalue weighted by Gasteiger charge is -2.40. The number of imidazole rings is 1. The highest BCUT2D eigenvalue weighted by Crippen LogP contribution is 2.24. The Morgan fingerprint density at radius 1 is 0.900 bits per heavy atom. The fourth-order valence-electron chi connectivity index (χ4n) is 4.80. The number of aromatic nitrogens is 2. The van der Waals surface area contributed by atoms with Gasteiger partial charge in [0.2, 0.25) is 0 Å². The molecule has 30 heavy (non-hydrogen) atoms. The molecule has 6 heteroatoms. The summed E-state index contributed by atoms with van der Waals surface area (Å²) in [5, 5.41) is 0. The highest BCUT2D eigenvalue weighted by Gasteiger charge is 2.27. The minimum Gasteiger partial charge on any atom is -0.336 e. The summed E-state index contributed by atoms with van der Waals surface area (Å²) in [7, 11) is 0. The average molecular weight is 407 g/mol. The Kier molecular flexibility index (Phi) is 5.25. The number of benzene rings is 1. The maximum Gasteiger partial charge on any atom is 0.255 e. The first-order valence-electron chi connectivity index (χ1n) is 11.0. The summed E-state index contributed by atoms with van der Waals surface area (Å²) in [6.07, 6.45) is 10.4. The molecule has 5 nitrogen and oxygen atoms in total. The van der Waals surface area contributed by atoms with E-state index in [1.165, 1.54) is 44.2 Å². The highest BCUT2D eigenvalue weighted by molar-refractivity contribution is 5.94. The Morgan fingerprint density at radius 2 is 1.63 bits per heavy atom. The maximum atomic E-state index is 13.2. The Labute approximate surface area is 176 Å². The van der Waals surface area contributed by atoms with Crippen LogP contribution in [0.25, 0.3) is 16.9 Å². The molecule has 1 amide bonds. The van der Waals surface area contributed by atoms with E-state index in [9.17, 15) is 9.18 Å². The number of fused-ring (bicyclic) bond motifs is 1. The number of nitrogens with zero attached hydrogens (tertiary/aromatic N) is 4. The third-order valence-electron chi connectivity index (χ3n) is 6.53. The van der Waals surface area contributed by atoms with Crippen LogP contribution in [0.5, 0.6) is 0 Å². The van der Waals surface area contributed by atoms with Crippen molar-refractivity contribution < 1.29 is 9.18 Å². The Bertz CT molecular complexity index is 1030. The average Bonchev–Trinajstić information content (AvgIpc) is 3.23. The lowest BCUT2D eigenvalue weighted by molar-refractivity contribution is 0.0523. The molecule has 0 atom stereocenters. The number of halogens is 1. The van der Waals surface area contributed by atoms with Gasteiger partial charge in [-0.3, -0.25) is 9.69 Å². The van der Waals surface area contributed by atoms with Gasteiger partial charge in [0.05, 0.1) is 11.3 Å². The predicted octanol–water partition coefficient (Wildman–Crippen LogP) is 4.23. The van der Waals surface area contributed by atoms with Crippen molar-refractivity contribution in [2.24, 2.45) is 0 Å². The Hall–Kier alpha value is -2.73. The summed E-state index contributed by atoms with van der Waals surface area (Å²) >= 11 is 0. The molecule has 2 aliphatic rings. The second-order valence-corrected chi connectivity index (χ2v) is 8.44. The van der Waals surface area contributed by atoms with Gasteiger partial charge in [-0.15, -0.1) is 0 Å². The predicted molar refractivity (Wildman–Crippen MR) is 115 cm³/mol. The van der Waals surface area contributed by atoms with E-state index in [-0.39, 0.29) is 11.7 Å². The topological polar surface area (TPSA) is 40.9 Å². The number of carbonyl (C=O) groups is 1. The molecule has 1 aliphatic carbocycles. The van der Waals surface area contributed by atoms with Crippen LogP contribution in [0.2, 0.25) is 0 Å². The van der Waals surface area contributed by atoms with Gasteiger partial charge in [0.1, 0.15) is 11.5 Å². The molecule has 156 valence electrons. The van der Waals surface area contributed by atoms with Crippen molar-refractivity contribution in [3.8, 4) is 11.3 Å². The molecule has 2 aromatic heterocycles. The van der Waals surface area contributed by atoms with Crippen molar-refractivity contribution in [3.05, 3.63) is 60.2 Å². The first-order chi connectivity index (χ1) is 14.7. The molecule has 3 aromatic rings. The molecule has 2 fully saturated rings. The summed E-state index contributed by atoms with van der Waals surface area (Å²) in [4.78, 5) is 22.2. The quantitative estimate of drug-likeness (QED) is 0.654. The van der Waals surface area contributed by atoms with E-state index in [0.29, 0.717) is 11.6 Å². The van der Waals surface area contributed by atoms with Gasteiger partial charge in [0, 0.05) is 50.2 Å². The molecule has 1 aliphatic heterocycles. The van der Waals surface area contributed by atoms with Crippen molar-refractivity contribution in [2.75, 3.05) is 26.2 Å². The van der Waals surface area contributed by atoms with Crippen molar-refractivity contribution in [1.29, 1.82) is 0 Å². The number of hydrogen-bond acceptors (Lipinski definition) is 3. The van der Waals surface area contributed by atoms with E-state index in [0.717, 1.165) is 43.1 Å². The number of amides is 1. The second-order valence-electron chi connectivity index (χ2n) is 8.44. The van der Waals surface area contributed by atoms with E-state index >= 15 is 0 Å². The summed E-state index contributed by atoms with van der Waals surface area (Å²) in [5.74, 6) is -0.184. The SMILES string of the molecule is O=C(c1ccc2nc(-c3ccc(F)cc3)cn2c1)N1CCN(C2CCCCC2)CC1. The van der Waals surface area contributed by atoms with E-state index in [2.05, 4.69) is 9.88 Å². The largest absolute Gasteiger partial charge is 0.336 e. The first-order valence-corrected chi connectivity index (χ1v) is 11.0. The smallest absolute Gasteiger partial charge is 0.255 e. The van der Waals surface area contributed by atoms with Gasteiger partial charge in [0.25, 0.3) is 5.91 Å². The zero-order valence-electron chi connectivity index (χ0n) is 17.1. The van der Waals surface area contributed by atoms with Crippen molar-refractivity contribution >= 4 is 11.6 Å². The summed E-state index contributed by atoms with van der Waals surface area (Å²) in [6.45, 7) is 3.52. The van der Waals surface area contributed by atoms with Crippen molar-refractivity contribution in [3.63, 3.8) is 0 Å². The first kappa shape index (κ1) is 19.2. The normalized spacial score (nSPS) is 18.8.